The molecule has 2 aromatic carbocycles. The average Bonchev–Trinajstić information content (AvgIpc) is 4.14. The molecule has 0 saturated carbocycles. The van der Waals surface area contributed by atoms with Gasteiger partial charge in [-0.1, -0.05) is 95.0 Å². The lowest BCUT2D eigenvalue weighted by atomic mass is 10.00. The SMILES string of the molecule is C=CCN(C(=O)c1ccccc1)c1ncnc2c1ncn2C1O[C@H](COP=S)[C@@H](NP(C)(=S)OC[C@H]2O[C@@H](n3cnc4c(N(CC=C)C(=O)c5ccccc5)ncnc43)[C@H](O[Si](C)(C)C(C)(C)C)[C@@H]2C)[C@H]1C. The Labute approximate surface area is 432 Å². The molecule has 2 fully saturated rings. The van der Waals surface area contributed by atoms with Crippen LogP contribution in [0.5, 0.6) is 0 Å². The van der Waals surface area contributed by atoms with Crippen LogP contribution in [-0.2, 0) is 46.6 Å². The lowest BCUT2D eigenvalue weighted by molar-refractivity contribution is -0.0427. The number of hydrogen-bond acceptors (Lipinski definition) is 15. The van der Waals surface area contributed by atoms with Crippen molar-refractivity contribution in [3.8, 4) is 0 Å². The van der Waals surface area contributed by atoms with Crippen molar-refractivity contribution < 1.29 is 32.5 Å². The Kier molecular flexibility index (Phi) is 16.5. The molecule has 2 aliphatic heterocycles. The van der Waals surface area contributed by atoms with E-state index in [0.29, 0.717) is 52.7 Å². The molecule has 0 radical (unpaired) electrons. The zero-order valence-electron chi connectivity index (χ0n) is 41.6. The highest BCUT2D eigenvalue weighted by Crippen LogP contribution is 2.49. The van der Waals surface area contributed by atoms with Gasteiger partial charge in [0.15, 0.2) is 48.5 Å². The summed E-state index contributed by atoms with van der Waals surface area (Å²) in [6.07, 6.45) is 4.10. The number of hydrogen-bond donors (Lipinski definition) is 1. The predicted molar refractivity (Wildman–Crippen MR) is 289 cm³/mol. The summed E-state index contributed by atoms with van der Waals surface area (Å²) < 4.78 is 37.2. The largest absolute Gasteiger partial charge is 0.409 e. The van der Waals surface area contributed by atoms with Gasteiger partial charge < -0.3 is 22.9 Å². The average molecular weight is 1070 g/mol. The first-order valence-corrected chi connectivity index (χ1v) is 31.5. The van der Waals surface area contributed by atoms with Crippen molar-refractivity contribution in [3.63, 3.8) is 0 Å². The first-order valence-electron chi connectivity index (χ1n) is 23.6. The maximum Gasteiger partial charge on any atom is 0.259 e. The molecule has 6 heterocycles. The number of imidazole rings is 2. The van der Waals surface area contributed by atoms with Gasteiger partial charge in [-0.3, -0.25) is 33.6 Å². The molecule has 18 nitrogen and oxygen atoms in total. The lowest BCUT2D eigenvalue weighted by Gasteiger charge is -2.40. The number of carbonyl (C=O) groups is 2. The van der Waals surface area contributed by atoms with Gasteiger partial charge >= 0.3 is 0 Å². The van der Waals surface area contributed by atoms with Gasteiger partial charge in [0.05, 0.1) is 38.1 Å². The third-order valence-corrected chi connectivity index (χ3v) is 20.8. The fourth-order valence-corrected chi connectivity index (χ4v) is 12.6. The van der Waals surface area contributed by atoms with Crippen LogP contribution in [0.25, 0.3) is 22.3 Å². The van der Waals surface area contributed by atoms with E-state index in [1.54, 1.807) is 54.0 Å². The molecule has 72 heavy (non-hydrogen) atoms. The van der Waals surface area contributed by atoms with E-state index in [2.05, 4.69) is 80.9 Å². The predicted octanol–water partition coefficient (Wildman–Crippen LogP) is 9.04. The van der Waals surface area contributed by atoms with E-state index in [1.807, 2.05) is 52.2 Å². The summed E-state index contributed by atoms with van der Waals surface area (Å²) in [5, 5.41) is 3.58. The summed E-state index contributed by atoms with van der Waals surface area (Å²) in [5.74, 6) is -0.159. The van der Waals surface area contributed by atoms with Gasteiger partial charge in [-0.05, 0) is 54.2 Å². The number of benzene rings is 2. The quantitative estimate of drug-likeness (QED) is 0.0433. The Hall–Kier alpha value is -4.89. The maximum absolute atomic E-state index is 13.9. The van der Waals surface area contributed by atoms with Gasteiger partial charge in [0.25, 0.3) is 11.8 Å². The van der Waals surface area contributed by atoms with Gasteiger partial charge in [0.2, 0.25) is 0 Å². The van der Waals surface area contributed by atoms with Crippen LogP contribution >= 0.6 is 14.0 Å². The molecule has 0 spiro atoms. The highest BCUT2D eigenvalue weighted by atomic mass is 32.4. The van der Waals surface area contributed by atoms with Crippen molar-refractivity contribution in [2.24, 2.45) is 11.8 Å². The van der Waals surface area contributed by atoms with Crippen LogP contribution in [0, 0.1) is 11.8 Å². The van der Waals surface area contributed by atoms with Crippen LogP contribution in [0.15, 0.2) is 111 Å². The third-order valence-electron chi connectivity index (χ3n) is 13.7. The van der Waals surface area contributed by atoms with Crippen molar-refractivity contribution in [3.05, 3.63) is 122 Å². The molecule has 4 aromatic heterocycles. The number of nitrogens with zero attached hydrogens (tertiary/aromatic N) is 10. The monoisotopic (exact) mass is 1070 g/mol. The van der Waals surface area contributed by atoms with Gasteiger partial charge in [-0.2, -0.15) is 0 Å². The van der Waals surface area contributed by atoms with E-state index in [-0.39, 0.29) is 61.0 Å². The Balaban J connectivity index is 1.04. The first-order chi connectivity index (χ1) is 34.4. The third kappa shape index (κ3) is 11.0. The van der Waals surface area contributed by atoms with E-state index >= 15 is 0 Å². The van der Waals surface area contributed by atoms with Gasteiger partial charge in [0.1, 0.15) is 39.0 Å². The minimum atomic E-state index is -2.80. The Morgan fingerprint density at radius 2 is 1.29 bits per heavy atom. The number of nitrogens with one attached hydrogen (secondary N) is 1. The second kappa shape index (κ2) is 22.3. The van der Waals surface area contributed by atoms with Crippen molar-refractivity contribution in [2.45, 2.75) is 89.6 Å². The van der Waals surface area contributed by atoms with Crippen LogP contribution in [0.2, 0.25) is 18.1 Å². The molecule has 380 valence electrons. The van der Waals surface area contributed by atoms with Crippen molar-refractivity contribution in [2.75, 3.05) is 42.8 Å². The lowest BCUT2D eigenvalue weighted by Crippen LogP contribution is -2.47. The molecule has 9 atom stereocenters. The number of rotatable bonds is 20. The van der Waals surface area contributed by atoms with Crippen LogP contribution in [0.3, 0.4) is 0 Å². The molecule has 6 aromatic rings. The van der Waals surface area contributed by atoms with E-state index < -0.39 is 45.5 Å². The fourth-order valence-electron chi connectivity index (χ4n) is 8.85. The molecular formula is C49H61N11O7P2S2Si. The van der Waals surface area contributed by atoms with Gasteiger partial charge in [-0.15, -0.1) is 13.2 Å². The van der Waals surface area contributed by atoms with Crippen molar-refractivity contribution in [1.82, 2.24) is 44.1 Å². The number of carbonyl (C=O) groups excluding carboxylic acids is 2. The first kappa shape index (κ1) is 53.4. The maximum atomic E-state index is 13.9. The summed E-state index contributed by atoms with van der Waals surface area (Å²) in [6.45, 7) is 25.7. The molecule has 0 aliphatic carbocycles. The molecule has 2 aliphatic rings. The molecule has 2 unspecified atom stereocenters. The Morgan fingerprint density at radius 3 is 1.78 bits per heavy atom. The van der Waals surface area contributed by atoms with Crippen LogP contribution in [-0.4, -0.2) is 116 Å². The summed E-state index contributed by atoms with van der Waals surface area (Å²) in [6, 6.07) is 17.7. The smallest absolute Gasteiger partial charge is 0.259 e. The fraction of sp³-hybridized carbons (Fsp3) is 0.429. The highest BCUT2D eigenvalue weighted by Gasteiger charge is 2.51. The van der Waals surface area contributed by atoms with E-state index in [4.69, 9.17) is 61.5 Å². The van der Waals surface area contributed by atoms with E-state index in [0.717, 1.165) is 0 Å². The van der Waals surface area contributed by atoms with Crippen LogP contribution in [0.4, 0.5) is 11.6 Å². The standard InChI is InChI=1S/C49H61N11O7P2S2Si/c1-11-23-57(45(61)33-19-15-13-16-20-33)41-38-43(52-27-50-41)59(29-54-38)47-32(4)37(36(66-47)25-63-68-70)56-69(8,71)64-26-35-31(3)40(67-72(9,10)49(5,6)7)48(65-35)60-30-55-39-42(51-28-53-44(39)60)58(24-12-2)46(62)34-21-17-14-18-22-34/h11-22,27-32,35-37,40,47-48H,1-2,23-26H2,3-10H3,(H,56,71)/t31-,32-,35-,36-,37+,40-,47?,48-,69?/m1/s1. The summed E-state index contributed by atoms with van der Waals surface area (Å²) in [7, 11) is -2.06. The summed E-state index contributed by atoms with van der Waals surface area (Å²) >= 11 is 11.5. The van der Waals surface area contributed by atoms with Crippen LogP contribution in [0.1, 0.15) is 67.8 Å². The number of aromatic nitrogens is 8. The number of amides is 2. The van der Waals surface area contributed by atoms with Crippen LogP contribution < -0.4 is 14.9 Å². The zero-order valence-corrected chi connectivity index (χ0v) is 46.1. The normalized spacial score (nSPS) is 23.3. The minimum Gasteiger partial charge on any atom is -0.409 e. The molecule has 0 bridgehead atoms. The summed E-state index contributed by atoms with van der Waals surface area (Å²) in [5.41, 5.74) is 2.85. The number of ether oxygens (including phenoxy) is 2. The molecular weight excluding hydrogens is 1010 g/mol. The second-order valence-electron chi connectivity index (χ2n) is 19.5. The van der Waals surface area contributed by atoms with Gasteiger partial charge in [0, 0.05) is 48.8 Å². The molecule has 2 amide bonds. The van der Waals surface area contributed by atoms with E-state index in [1.165, 1.54) is 17.6 Å². The molecule has 1 N–H and O–H groups in total. The highest BCUT2D eigenvalue weighted by molar-refractivity contribution is 8.11. The minimum absolute atomic E-state index is 0.107. The molecule has 8 rings (SSSR count). The van der Waals surface area contributed by atoms with E-state index in [9.17, 15) is 9.59 Å². The Bertz CT molecular complexity index is 2980. The zero-order chi connectivity index (χ0) is 51.5. The second-order valence-corrected chi connectivity index (χ2v) is 29.5. The van der Waals surface area contributed by atoms with Crippen molar-refractivity contribution >= 4 is 91.7 Å². The number of anilines is 2. The topological polar surface area (TPSA) is 186 Å². The van der Waals surface area contributed by atoms with Crippen molar-refractivity contribution in [1.29, 1.82) is 0 Å². The number of fused-ring (bicyclic) bond motifs is 2. The Morgan fingerprint density at radius 1 is 0.792 bits per heavy atom. The van der Waals surface area contributed by atoms with Gasteiger partial charge in [-0.25, -0.2) is 29.9 Å². The molecule has 2 saturated heterocycles. The molecule has 23 heteroatoms. The summed E-state index contributed by atoms with van der Waals surface area (Å²) in [4.78, 5) is 58.7.